The molecule has 0 unspecified atom stereocenters. The van der Waals surface area contributed by atoms with Gasteiger partial charge in [0.25, 0.3) is 0 Å². The predicted octanol–water partition coefficient (Wildman–Crippen LogP) is 1.44. The van der Waals surface area contributed by atoms with Gasteiger partial charge in [-0.2, -0.15) is 0 Å². The van der Waals surface area contributed by atoms with E-state index in [2.05, 4.69) is 0 Å². The molecule has 0 bridgehead atoms. The van der Waals surface area contributed by atoms with E-state index in [9.17, 15) is 9.59 Å². The van der Waals surface area contributed by atoms with Crippen molar-refractivity contribution < 1.29 is 4.79 Å². The third kappa shape index (κ3) is 2.31. The largest absolute Gasteiger partial charge is 0.351 e. The number of aryl methyl sites for hydroxylation is 1. The van der Waals surface area contributed by atoms with Gasteiger partial charge in [-0.3, -0.25) is 9.59 Å². The van der Waals surface area contributed by atoms with E-state index in [0.29, 0.717) is 13.0 Å². The lowest BCUT2D eigenvalue weighted by molar-refractivity contribution is -0.117. The summed E-state index contributed by atoms with van der Waals surface area (Å²) in [5.41, 5.74) is 1.76. The van der Waals surface area contributed by atoms with Gasteiger partial charge in [-0.05, 0) is 20.8 Å². The molecule has 0 atom stereocenters. The minimum absolute atomic E-state index is 0.0570. The van der Waals surface area contributed by atoms with E-state index < -0.39 is 0 Å². The monoisotopic (exact) mass is 193 g/mol. The Balaban J connectivity index is 2.94. The van der Waals surface area contributed by atoms with Crippen molar-refractivity contribution in [2.75, 3.05) is 0 Å². The third-order valence-electron chi connectivity index (χ3n) is 2.45. The van der Waals surface area contributed by atoms with Crippen molar-refractivity contribution in [3.63, 3.8) is 0 Å². The lowest BCUT2D eigenvalue weighted by Crippen LogP contribution is -2.14. The Morgan fingerprint density at radius 2 is 2.07 bits per heavy atom. The molecule has 1 rings (SSSR count). The normalized spacial score (nSPS) is 10.2. The average Bonchev–Trinajstić information content (AvgIpc) is 2.13. The highest BCUT2D eigenvalue weighted by Crippen LogP contribution is 2.02. The van der Waals surface area contributed by atoms with Crippen molar-refractivity contribution in [3.05, 3.63) is 33.7 Å². The molecule has 0 aliphatic heterocycles. The third-order valence-corrected chi connectivity index (χ3v) is 2.45. The van der Waals surface area contributed by atoms with Gasteiger partial charge in [0.05, 0.1) is 0 Å². The van der Waals surface area contributed by atoms with Crippen molar-refractivity contribution >= 4 is 5.78 Å². The van der Waals surface area contributed by atoms with Gasteiger partial charge in [-0.1, -0.05) is 0 Å². The molecule has 14 heavy (non-hydrogen) atoms. The van der Waals surface area contributed by atoms with E-state index in [-0.39, 0.29) is 11.2 Å². The molecule has 0 radical (unpaired) electrons. The van der Waals surface area contributed by atoms with Crippen molar-refractivity contribution in [1.82, 2.24) is 4.57 Å². The Kier molecular flexibility index (Phi) is 3.23. The number of Topliss-reactive ketones (excluding diaryl/α,β-unsaturated/α-hetero) is 1. The quantitative estimate of drug-likeness (QED) is 0.728. The molecular formula is C11H15NO2. The number of ketones is 1. The molecule has 0 amide bonds. The van der Waals surface area contributed by atoms with Crippen LogP contribution in [0.1, 0.15) is 24.6 Å². The lowest BCUT2D eigenvalue weighted by atomic mass is 10.2. The fourth-order valence-corrected chi connectivity index (χ4v) is 1.31. The van der Waals surface area contributed by atoms with E-state index >= 15 is 0 Å². The summed E-state index contributed by atoms with van der Waals surface area (Å²) in [6.45, 7) is 5.94. The highest BCUT2D eigenvalue weighted by Gasteiger charge is 2.02. The Morgan fingerprint density at radius 1 is 1.43 bits per heavy atom. The zero-order valence-electron chi connectivity index (χ0n) is 8.83. The Morgan fingerprint density at radius 3 is 2.64 bits per heavy atom. The van der Waals surface area contributed by atoms with Crippen LogP contribution < -0.4 is 5.43 Å². The lowest BCUT2D eigenvalue weighted by Gasteiger charge is -2.10. The second-order valence-corrected chi connectivity index (χ2v) is 3.54. The highest BCUT2D eigenvalue weighted by molar-refractivity contribution is 5.75. The van der Waals surface area contributed by atoms with Crippen LogP contribution in [0.3, 0.4) is 0 Å². The van der Waals surface area contributed by atoms with Crippen LogP contribution in [0.5, 0.6) is 0 Å². The minimum Gasteiger partial charge on any atom is -0.351 e. The van der Waals surface area contributed by atoms with Crippen LogP contribution in [0.4, 0.5) is 0 Å². The fourth-order valence-electron chi connectivity index (χ4n) is 1.31. The SMILES string of the molecule is CC(=O)CCn1ccc(=O)c(C)c1C. The van der Waals surface area contributed by atoms with Crippen molar-refractivity contribution in [1.29, 1.82) is 0 Å². The number of carbonyl (C=O) groups is 1. The van der Waals surface area contributed by atoms with Gasteiger partial charge in [0.1, 0.15) is 5.78 Å². The molecule has 76 valence electrons. The smallest absolute Gasteiger partial charge is 0.184 e. The Labute approximate surface area is 83.4 Å². The number of hydrogen-bond donors (Lipinski definition) is 0. The first-order valence-electron chi connectivity index (χ1n) is 4.68. The average molecular weight is 193 g/mol. The second kappa shape index (κ2) is 4.22. The zero-order valence-corrected chi connectivity index (χ0v) is 8.83. The van der Waals surface area contributed by atoms with Gasteiger partial charge >= 0.3 is 0 Å². The van der Waals surface area contributed by atoms with Crippen LogP contribution in [-0.4, -0.2) is 10.4 Å². The Hall–Kier alpha value is -1.38. The first-order valence-corrected chi connectivity index (χ1v) is 4.68. The van der Waals surface area contributed by atoms with Crippen molar-refractivity contribution in [2.45, 2.75) is 33.7 Å². The van der Waals surface area contributed by atoms with Gasteiger partial charge < -0.3 is 4.57 Å². The molecule has 3 heteroatoms. The van der Waals surface area contributed by atoms with Crippen LogP contribution in [-0.2, 0) is 11.3 Å². The maximum atomic E-state index is 11.2. The molecule has 1 aromatic rings. The van der Waals surface area contributed by atoms with Crippen molar-refractivity contribution in [3.8, 4) is 0 Å². The van der Waals surface area contributed by atoms with E-state index in [1.165, 1.54) is 0 Å². The van der Waals surface area contributed by atoms with E-state index in [4.69, 9.17) is 0 Å². The highest BCUT2D eigenvalue weighted by atomic mass is 16.1. The fraction of sp³-hybridized carbons (Fsp3) is 0.455. The van der Waals surface area contributed by atoms with Crippen LogP contribution in [0, 0.1) is 13.8 Å². The van der Waals surface area contributed by atoms with Crippen molar-refractivity contribution in [2.24, 2.45) is 0 Å². The number of hydrogen-bond acceptors (Lipinski definition) is 2. The molecule has 0 aliphatic carbocycles. The van der Waals surface area contributed by atoms with Crippen LogP contribution in [0.15, 0.2) is 17.1 Å². The number of aromatic nitrogens is 1. The maximum Gasteiger partial charge on any atom is 0.184 e. The molecule has 1 aromatic heterocycles. The first kappa shape index (κ1) is 10.7. The van der Waals surface area contributed by atoms with Gasteiger partial charge in [0.2, 0.25) is 0 Å². The van der Waals surface area contributed by atoms with E-state index in [0.717, 1.165) is 11.3 Å². The van der Waals surface area contributed by atoms with Crippen LogP contribution in [0.25, 0.3) is 0 Å². The maximum absolute atomic E-state index is 11.2. The van der Waals surface area contributed by atoms with Crippen LogP contribution >= 0.6 is 0 Å². The molecule has 0 aromatic carbocycles. The summed E-state index contributed by atoms with van der Waals surface area (Å²) in [5.74, 6) is 0.167. The molecule has 0 aliphatic rings. The number of rotatable bonds is 3. The molecule has 0 fully saturated rings. The summed E-state index contributed by atoms with van der Waals surface area (Å²) >= 11 is 0. The molecule has 3 nitrogen and oxygen atoms in total. The summed E-state index contributed by atoms with van der Waals surface area (Å²) in [6, 6.07) is 1.54. The van der Waals surface area contributed by atoms with Gasteiger partial charge in [-0.25, -0.2) is 0 Å². The Bertz CT molecular complexity index is 404. The second-order valence-electron chi connectivity index (χ2n) is 3.54. The summed E-state index contributed by atoms with van der Waals surface area (Å²) in [4.78, 5) is 22.1. The predicted molar refractivity (Wildman–Crippen MR) is 55.5 cm³/mol. The summed E-state index contributed by atoms with van der Waals surface area (Å²) in [5, 5.41) is 0. The minimum atomic E-state index is 0.0570. The summed E-state index contributed by atoms with van der Waals surface area (Å²) in [7, 11) is 0. The van der Waals surface area contributed by atoms with Gasteiger partial charge in [0.15, 0.2) is 5.43 Å². The molecule has 0 saturated carbocycles. The summed E-state index contributed by atoms with van der Waals surface area (Å²) in [6.07, 6.45) is 2.26. The topological polar surface area (TPSA) is 39.1 Å². The number of pyridine rings is 1. The standard InChI is InChI=1S/C11H15NO2/c1-8(13)4-6-12-7-5-11(14)9(2)10(12)3/h5,7H,4,6H2,1-3H3. The molecule has 1 heterocycles. The van der Waals surface area contributed by atoms with E-state index in [1.54, 1.807) is 19.2 Å². The van der Waals surface area contributed by atoms with E-state index in [1.807, 2.05) is 18.4 Å². The summed E-state index contributed by atoms with van der Waals surface area (Å²) < 4.78 is 1.94. The van der Waals surface area contributed by atoms with Gasteiger partial charge in [-0.15, -0.1) is 0 Å². The molecular weight excluding hydrogens is 178 g/mol. The molecule has 0 saturated heterocycles. The molecule has 0 spiro atoms. The van der Waals surface area contributed by atoms with Crippen LogP contribution in [0.2, 0.25) is 0 Å². The number of nitrogens with zero attached hydrogens (tertiary/aromatic N) is 1. The van der Waals surface area contributed by atoms with Gasteiger partial charge in [0, 0.05) is 36.5 Å². The zero-order chi connectivity index (χ0) is 10.7. The number of carbonyl (C=O) groups excluding carboxylic acids is 1. The molecule has 0 N–H and O–H groups in total. The first-order chi connectivity index (χ1) is 6.52.